The largest absolute Gasteiger partial charge is 0.397 e. The van der Waals surface area contributed by atoms with Gasteiger partial charge in [-0.1, -0.05) is 0 Å². The first kappa shape index (κ1) is 12.3. The van der Waals surface area contributed by atoms with Crippen molar-refractivity contribution in [3.8, 4) is 6.07 Å². The highest BCUT2D eigenvalue weighted by atomic mass is 16.5. The summed E-state index contributed by atoms with van der Waals surface area (Å²) in [4.78, 5) is 0. The van der Waals surface area contributed by atoms with Gasteiger partial charge in [0.25, 0.3) is 0 Å². The summed E-state index contributed by atoms with van der Waals surface area (Å²) in [6.07, 6.45) is 0. The lowest BCUT2D eigenvalue weighted by Crippen LogP contribution is -2.29. The van der Waals surface area contributed by atoms with Crippen LogP contribution in [0, 0.1) is 11.3 Å². The molecule has 0 radical (unpaired) electrons. The lowest BCUT2D eigenvalue weighted by Gasteiger charge is -2.17. The molecule has 0 aromatic heterocycles. The summed E-state index contributed by atoms with van der Waals surface area (Å²) in [6.45, 7) is 0.337. The van der Waals surface area contributed by atoms with E-state index >= 15 is 0 Å². The van der Waals surface area contributed by atoms with Gasteiger partial charge in [-0.25, -0.2) is 0 Å². The van der Waals surface area contributed by atoms with E-state index in [1.54, 1.807) is 25.3 Å². The Bertz CT molecular complexity index is 387. The number of aliphatic hydroxyl groups excluding tert-OH is 1. The number of methoxy groups -OCH3 is 1. The summed E-state index contributed by atoms with van der Waals surface area (Å²) in [5.41, 5.74) is 7.44. The zero-order valence-corrected chi connectivity index (χ0v) is 9.10. The highest BCUT2D eigenvalue weighted by Gasteiger charge is 2.08. The molecule has 4 N–H and O–H groups in total. The number of nitrogens with two attached hydrogens (primary N) is 1. The smallest absolute Gasteiger partial charge is 0.0992 e. The van der Waals surface area contributed by atoms with E-state index in [1.807, 2.05) is 6.07 Å². The number of hydrogen-bond donors (Lipinski definition) is 3. The number of nitrogen functional groups attached to an aromatic ring is 1. The van der Waals surface area contributed by atoms with Crippen LogP contribution in [0.5, 0.6) is 0 Å². The molecule has 0 heterocycles. The fourth-order valence-corrected chi connectivity index (χ4v) is 1.32. The molecule has 0 spiro atoms. The Balaban J connectivity index is 2.77. The van der Waals surface area contributed by atoms with Crippen molar-refractivity contribution in [1.29, 1.82) is 5.26 Å². The molecule has 16 heavy (non-hydrogen) atoms. The van der Waals surface area contributed by atoms with Gasteiger partial charge in [0.1, 0.15) is 0 Å². The fraction of sp³-hybridized carbons (Fsp3) is 0.364. The second-order valence-electron chi connectivity index (χ2n) is 3.39. The number of aliphatic hydroxyl groups is 1. The van der Waals surface area contributed by atoms with E-state index in [9.17, 15) is 0 Å². The van der Waals surface area contributed by atoms with Crippen LogP contribution >= 0.6 is 0 Å². The van der Waals surface area contributed by atoms with Crippen LogP contribution in [0.1, 0.15) is 5.56 Å². The van der Waals surface area contributed by atoms with Gasteiger partial charge < -0.3 is 20.9 Å². The highest BCUT2D eigenvalue weighted by molar-refractivity contribution is 5.68. The number of rotatable bonds is 5. The number of anilines is 2. The van der Waals surface area contributed by atoms with Crippen molar-refractivity contribution < 1.29 is 9.84 Å². The van der Waals surface area contributed by atoms with Crippen molar-refractivity contribution in [2.24, 2.45) is 0 Å². The van der Waals surface area contributed by atoms with Crippen molar-refractivity contribution in [3.63, 3.8) is 0 Å². The van der Waals surface area contributed by atoms with Gasteiger partial charge in [0.05, 0.1) is 42.3 Å². The number of nitrogens with one attached hydrogen (secondary N) is 1. The normalized spacial score (nSPS) is 11.8. The molecule has 1 aromatic rings. The Morgan fingerprint density at radius 3 is 2.88 bits per heavy atom. The quantitative estimate of drug-likeness (QED) is 0.632. The fourth-order valence-electron chi connectivity index (χ4n) is 1.32. The first-order valence-electron chi connectivity index (χ1n) is 4.87. The Morgan fingerprint density at radius 2 is 2.38 bits per heavy atom. The molecule has 0 aliphatic heterocycles. The third kappa shape index (κ3) is 3.12. The maximum Gasteiger partial charge on any atom is 0.0992 e. The van der Waals surface area contributed by atoms with Crippen LogP contribution in [0.25, 0.3) is 0 Å². The average Bonchev–Trinajstić information content (AvgIpc) is 2.30. The van der Waals surface area contributed by atoms with Crippen LogP contribution in [0.2, 0.25) is 0 Å². The van der Waals surface area contributed by atoms with Gasteiger partial charge in [0.2, 0.25) is 0 Å². The summed E-state index contributed by atoms with van der Waals surface area (Å²) in [7, 11) is 1.56. The van der Waals surface area contributed by atoms with E-state index in [4.69, 9.17) is 20.8 Å². The van der Waals surface area contributed by atoms with Gasteiger partial charge >= 0.3 is 0 Å². The number of ether oxygens (including phenoxy) is 1. The number of nitrogens with zero attached hydrogens (tertiary/aromatic N) is 1. The number of nitriles is 1. The van der Waals surface area contributed by atoms with Gasteiger partial charge in [-0.05, 0) is 18.2 Å². The molecule has 5 nitrogen and oxygen atoms in total. The van der Waals surface area contributed by atoms with E-state index in [2.05, 4.69) is 5.32 Å². The Hall–Kier alpha value is -1.77. The second-order valence-corrected chi connectivity index (χ2v) is 3.39. The lowest BCUT2D eigenvalue weighted by atomic mass is 10.1. The maximum absolute atomic E-state index is 9.07. The predicted molar refractivity (Wildman–Crippen MR) is 61.9 cm³/mol. The van der Waals surface area contributed by atoms with E-state index in [0.29, 0.717) is 23.5 Å². The molecule has 1 rings (SSSR count). The number of benzene rings is 1. The average molecular weight is 221 g/mol. The second kappa shape index (κ2) is 5.95. The van der Waals surface area contributed by atoms with Crippen LogP contribution in [0.15, 0.2) is 18.2 Å². The van der Waals surface area contributed by atoms with Crippen LogP contribution in [-0.2, 0) is 4.74 Å². The first-order valence-corrected chi connectivity index (χ1v) is 4.87. The Morgan fingerprint density at radius 1 is 1.62 bits per heavy atom. The Labute approximate surface area is 94.4 Å². The topological polar surface area (TPSA) is 91.3 Å². The number of hydrogen-bond acceptors (Lipinski definition) is 5. The third-order valence-electron chi connectivity index (χ3n) is 2.13. The summed E-state index contributed by atoms with van der Waals surface area (Å²) < 4.78 is 4.94. The minimum absolute atomic E-state index is 0.0483. The van der Waals surface area contributed by atoms with E-state index in [0.717, 1.165) is 0 Å². The summed E-state index contributed by atoms with van der Waals surface area (Å²) in [5, 5.41) is 20.8. The predicted octanol–water partition coefficient (Wildman–Crippen LogP) is 0.560. The highest BCUT2D eigenvalue weighted by Crippen LogP contribution is 2.20. The van der Waals surface area contributed by atoms with E-state index in [-0.39, 0.29) is 12.6 Å². The zero-order valence-electron chi connectivity index (χ0n) is 9.10. The molecule has 0 aliphatic carbocycles. The molecule has 0 aliphatic rings. The van der Waals surface area contributed by atoms with E-state index < -0.39 is 0 Å². The molecule has 0 bridgehead atoms. The molecule has 5 heteroatoms. The summed E-state index contributed by atoms with van der Waals surface area (Å²) >= 11 is 0. The molecule has 1 unspecified atom stereocenters. The zero-order chi connectivity index (χ0) is 12.0. The molecular formula is C11H15N3O2. The third-order valence-corrected chi connectivity index (χ3v) is 2.13. The molecule has 0 amide bonds. The molecule has 0 saturated heterocycles. The van der Waals surface area contributed by atoms with Crippen molar-refractivity contribution in [2.75, 3.05) is 31.4 Å². The minimum Gasteiger partial charge on any atom is -0.397 e. The minimum atomic E-state index is -0.208. The monoisotopic (exact) mass is 221 g/mol. The van der Waals surface area contributed by atoms with E-state index in [1.165, 1.54) is 0 Å². The van der Waals surface area contributed by atoms with Crippen LogP contribution < -0.4 is 11.1 Å². The summed E-state index contributed by atoms with van der Waals surface area (Å²) in [6, 6.07) is 6.77. The first-order chi connectivity index (χ1) is 7.71. The lowest BCUT2D eigenvalue weighted by molar-refractivity contribution is 0.153. The van der Waals surface area contributed by atoms with Crippen LogP contribution in [0.3, 0.4) is 0 Å². The molecular weight excluding hydrogens is 206 g/mol. The molecule has 1 aromatic carbocycles. The standard InChI is InChI=1S/C11H15N3O2/c1-16-7-9(6-15)14-11-3-2-8(5-12)4-10(11)13/h2-4,9,14-15H,6-7,13H2,1H3. The van der Waals surface area contributed by atoms with Gasteiger partial charge in [-0.15, -0.1) is 0 Å². The van der Waals surface area contributed by atoms with Crippen molar-refractivity contribution in [3.05, 3.63) is 23.8 Å². The molecule has 0 saturated carbocycles. The summed E-state index contributed by atoms with van der Waals surface area (Å²) in [5.74, 6) is 0. The molecule has 0 fully saturated rings. The van der Waals surface area contributed by atoms with Gasteiger partial charge in [-0.3, -0.25) is 0 Å². The van der Waals surface area contributed by atoms with Crippen LogP contribution in [-0.4, -0.2) is 31.5 Å². The molecule has 1 atom stereocenters. The van der Waals surface area contributed by atoms with Gasteiger partial charge in [0.15, 0.2) is 0 Å². The van der Waals surface area contributed by atoms with Crippen molar-refractivity contribution in [2.45, 2.75) is 6.04 Å². The maximum atomic E-state index is 9.07. The van der Waals surface area contributed by atoms with Gasteiger partial charge in [0, 0.05) is 7.11 Å². The Kier molecular flexibility index (Phi) is 4.58. The van der Waals surface area contributed by atoms with Crippen LogP contribution in [0.4, 0.5) is 11.4 Å². The van der Waals surface area contributed by atoms with Crippen molar-refractivity contribution in [1.82, 2.24) is 0 Å². The SMILES string of the molecule is COCC(CO)Nc1ccc(C#N)cc1N. The van der Waals surface area contributed by atoms with Gasteiger partial charge in [-0.2, -0.15) is 5.26 Å². The van der Waals surface area contributed by atoms with Crippen molar-refractivity contribution >= 4 is 11.4 Å². The molecule has 86 valence electrons.